The highest BCUT2D eigenvalue weighted by Crippen LogP contribution is 2.31. The second-order valence-corrected chi connectivity index (χ2v) is 7.63. The number of aryl methyl sites for hydroxylation is 2. The van der Waals surface area contributed by atoms with E-state index in [2.05, 4.69) is 12.0 Å². The molecule has 132 valence electrons. The van der Waals surface area contributed by atoms with Crippen molar-refractivity contribution in [3.8, 4) is 0 Å². The summed E-state index contributed by atoms with van der Waals surface area (Å²) in [7, 11) is 0. The predicted molar refractivity (Wildman–Crippen MR) is 93.9 cm³/mol. The lowest BCUT2D eigenvalue weighted by Gasteiger charge is -2.28. The molecule has 2 heterocycles. The number of carbonyl (C=O) groups excluding carboxylic acids is 2. The Labute approximate surface area is 144 Å². The average Bonchev–Trinajstić information content (AvgIpc) is 2.94. The van der Waals surface area contributed by atoms with Gasteiger partial charge in [0, 0.05) is 38.4 Å². The molecule has 3 rings (SSSR count). The fraction of sp³-hybridized carbons (Fsp3) is 0.737. The highest BCUT2D eigenvalue weighted by atomic mass is 16.2. The molecule has 0 N–H and O–H groups in total. The topological polar surface area (TPSA) is 55.2 Å². The summed E-state index contributed by atoms with van der Waals surface area (Å²) in [5, 5.41) is 4.42. The van der Waals surface area contributed by atoms with Gasteiger partial charge in [0.25, 0.3) is 0 Å². The molecule has 0 bridgehead atoms. The lowest BCUT2D eigenvalue weighted by molar-refractivity contribution is -0.124. The van der Waals surface area contributed by atoms with Gasteiger partial charge in [-0.05, 0) is 38.0 Å². The molecular formula is C19H29N3O2. The first-order valence-electron chi connectivity index (χ1n) is 9.39. The van der Waals surface area contributed by atoms with Crippen LogP contribution in [0.5, 0.6) is 0 Å². The van der Waals surface area contributed by atoms with Gasteiger partial charge in [-0.15, -0.1) is 0 Å². The van der Waals surface area contributed by atoms with E-state index in [1.807, 2.05) is 17.7 Å². The quantitative estimate of drug-likeness (QED) is 0.830. The molecule has 0 radical (unpaired) electrons. The fourth-order valence-corrected chi connectivity index (χ4v) is 4.00. The number of hydrogen-bond donors (Lipinski definition) is 0. The number of nitrogens with zero attached hydrogens (tertiary/aromatic N) is 3. The number of hydrogen-bond acceptors (Lipinski definition) is 3. The van der Waals surface area contributed by atoms with Crippen LogP contribution in [0, 0.1) is 18.8 Å². The lowest BCUT2D eigenvalue weighted by atomic mass is 9.80. The molecule has 0 atom stereocenters. The van der Waals surface area contributed by atoms with E-state index in [0.717, 1.165) is 36.9 Å². The molecule has 1 amide bonds. The monoisotopic (exact) mass is 331 g/mol. The van der Waals surface area contributed by atoms with E-state index in [0.29, 0.717) is 25.2 Å². The van der Waals surface area contributed by atoms with Crippen LogP contribution in [0.4, 0.5) is 5.82 Å². The zero-order valence-corrected chi connectivity index (χ0v) is 15.0. The summed E-state index contributed by atoms with van der Waals surface area (Å²) in [6.45, 7) is 5.84. The summed E-state index contributed by atoms with van der Waals surface area (Å²) in [6.07, 6.45) is 7.13. The molecule has 0 unspecified atom stereocenters. The van der Waals surface area contributed by atoms with Crippen molar-refractivity contribution in [2.24, 2.45) is 11.8 Å². The molecule has 2 aliphatic rings. The van der Waals surface area contributed by atoms with E-state index in [4.69, 9.17) is 0 Å². The average molecular weight is 331 g/mol. The molecule has 24 heavy (non-hydrogen) atoms. The van der Waals surface area contributed by atoms with Crippen LogP contribution in [0.2, 0.25) is 0 Å². The van der Waals surface area contributed by atoms with E-state index in [1.54, 1.807) is 4.90 Å². The number of carbonyl (C=O) groups is 2. The Morgan fingerprint density at radius 3 is 2.67 bits per heavy atom. The van der Waals surface area contributed by atoms with Crippen molar-refractivity contribution in [3.63, 3.8) is 0 Å². The highest BCUT2D eigenvalue weighted by molar-refractivity contribution is 5.95. The molecule has 1 fully saturated rings. The van der Waals surface area contributed by atoms with Gasteiger partial charge >= 0.3 is 0 Å². The molecule has 1 aliphatic carbocycles. The first-order chi connectivity index (χ1) is 11.5. The van der Waals surface area contributed by atoms with E-state index >= 15 is 0 Å². The Balaban J connectivity index is 1.48. The maximum atomic E-state index is 12.5. The van der Waals surface area contributed by atoms with Crippen LogP contribution >= 0.6 is 0 Å². The fourth-order valence-electron chi connectivity index (χ4n) is 4.00. The van der Waals surface area contributed by atoms with Gasteiger partial charge in [0.05, 0.1) is 5.69 Å². The first-order valence-corrected chi connectivity index (χ1v) is 9.39. The third-order valence-corrected chi connectivity index (χ3v) is 5.48. The zero-order valence-electron chi connectivity index (χ0n) is 15.0. The van der Waals surface area contributed by atoms with Gasteiger partial charge in [0.1, 0.15) is 11.6 Å². The minimum absolute atomic E-state index is 0.0569. The minimum atomic E-state index is 0.0569. The van der Waals surface area contributed by atoms with Crippen LogP contribution in [-0.4, -0.2) is 28.0 Å². The number of rotatable bonds is 5. The second-order valence-electron chi connectivity index (χ2n) is 7.63. The number of ketones is 1. The summed E-state index contributed by atoms with van der Waals surface area (Å²) in [4.78, 5) is 26.6. The molecule has 5 heteroatoms. The number of amides is 1. The Morgan fingerprint density at radius 1 is 1.17 bits per heavy atom. The standard InChI is InChI=1S/C19H29N3O2/c1-14-4-6-16(7-5-14)13-17(23)8-9-19(24)21-10-3-11-22-18(21)12-15(2)20-22/h12,14,16H,3-11,13H2,1-2H3. The highest BCUT2D eigenvalue weighted by Gasteiger charge is 2.25. The van der Waals surface area contributed by atoms with Crippen LogP contribution in [0.3, 0.4) is 0 Å². The van der Waals surface area contributed by atoms with Crippen LogP contribution in [0.15, 0.2) is 6.07 Å². The minimum Gasteiger partial charge on any atom is -0.300 e. The van der Waals surface area contributed by atoms with Gasteiger partial charge < -0.3 is 0 Å². The number of Topliss-reactive ketones (excluding diaryl/α,β-unsaturated/α-hetero) is 1. The van der Waals surface area contributed by atoms with Gasteiger partial charge in [-0.25, -0.2) is 4.68 Å². The molecule has 1 aromatic rings. The van der Waals surface area contributed by atoms with Gasteiger partial charge in [0.2, 0.25) is 5.91 Å². The van der Waals surface area contributed by atoms with Crippen molar-refractivity contribution in [3.05, 3.63) is 11.8 Å². The normalized spacial score (nSPS) is 23.8. The summed E-state index contributed by atoms with van der Waals surface area (Å²) >= 11 is 0. The summed E-state index contributed by atoms with van der Waals surface area (Å²) in [5.74, 6) is 2.55. The molecule has 1 aliphatic heterocycles. The largest absolute Gasteiger partial charge is 0.300 e. The van der Waals surface area contributed by atoms with Crippen molar-refractivity contribution in [2.45, 2.75) is 71.8 Å². The molecule has 0 saturated heterocycles. The Morgan fingerprint density at radius 2 is 1.92 bits per heavy atom. The Kier molecular flexibility index (Phi) is 5.36. The van der Waals surface area contributed by atoms with E-state index in [1.165, 1.54) is 25.7 Å². The van der Waals surface area contributed by atoms with Gasteiger partial charge in [-0.3, -0.25) is 14.5 Å². The number of aromatic nitrogens is 2. The summed E-state index contributed by atoms with van der Waals surface area (Å²) in [5.41, 5.74) is 0.937. The predicted octanol–water partition coefficient (Wildman–Crippen LogP) is 3.49. The third kappa shape index (κ3) is 4.05. The maximum absolute atomic E-state index is 12.5. The van der Waals surface area contributed by atoms with Crippen molar-refractivity contribution in [1.82, 2.24) is 9.78 Å². The van der Waals surface area contributed by atoms with Crippen LogP contribution in [0.25, 0.3) is 0 Å². The van der Waals surface area contributed by atoms with Crippen LogP contribution < -0.4 is 4.90 Å². The third-order valence-electron chi connectivity index (χ3n) is 5.48. The van der Waals surface area contributed by atoms with Crippen LogP contribution in [-0.2, 0) is 16.1 Å². The van der Waals surface area contributed by atoms with Gasteiger partial charge in [0.15, 0.2) is 0 Å². The molecular weight excluding hydrogens is 302 g/mol. The molecule has 5 nitrogen and oxygen atoms in total. The van der Waals surface area contributed by atoms with E-state index < -0.39 is 0 Å². The van der Waals surface area contributed by atoms with Crippen molar-refractivity contribution in [1.29, 1.82) is 0 Å². The molecule has 1 aromatic heterocycles. The van der Waals surface area contributed by atoms with Gasteiger partial charge in [-0.2, -0.15) is 5.10 Å². The molecule has 0 spiro atoms. The lowest BCUT2D eigenvalue weighted by Crippen LogP contribution is -2.37. The molecule has 0 aromatic carbocycles. The van der Waals surface area contributed by atoms with E-state index in [-0.39, 0.29) is 11.7 Å². The molecule has 1 saturated carbocycles. The smallest absolute Gasteiger partial charge is 0.228 e. The van der Waals surface area contributed by atoms with Crippen molar-refractivity contribution < 1.29 is 9.59 Å². The summed E-state index contributed by atoms with van der Waals surface area (Å²) < 4.78 is 1.90. The Bertz CT molecular complexity index is 600. The van der Waals surface area contributed by atoms with Gasteiger partial charge in [-0.1, -0.05) is 19.8 Å². The van der Waals surface area contributed by atoms with E-state index in [9.17, 15) is 9.59 Å². The Hall–Kier alpha value is -1.65. The maximum Gasteiger partial charge on any atom is 0.228 e. The van der Waals surface area contributed by atoms with Crippen LogP contribution in [0.1, 0.15) is 64.0 Å². The zero-order chi connectivity index (χ0) is 17.1. The number of anilines is 1. The number of fused-ring (bicyclic) bond motifs is 1. The van der Waals surface area contributed by atoms with Crippen molar-refractivity contribution in [2.75, 3.05) is 11.4 Å². The first kappa shape index (κ1) is 17.2. The summed E-state index contributed by atoms with van der Waals surface area (Å²) in [6, 6.07) is 1.96. The van der Waals surface area contributed by atoms with Crippen molar-refractivity contribution >= 4 is 17.5 Å². The SMILES string of the molecule is Cc1cc2n(n1)CCCN2C(=O)CCC(=O)CC1CCC(C)CC1. The second kappa shape index (κ2) is 7.49.